The van der Waals surface area contributed by atoms with Gasteiger partial charge in [-0.1, -0.05) is 34.8 Å². The number of nitrogens with zero attached hydrogens (tertiary/aromatic N) is 1. The van der Waals surface area contributed by atoms with Gasteiger partial charge in [0.15, 0.2) is 0 Å². The number of rotatable bonds is 0. The van der Waals surface area contributed by atoms with Crippen LogP contribution >= 0.6 is 34.8 Å². The minimum atomic E-state index is -0.559. The zero-order chi connectivity index (χ0) is 7.72. The van der Waals surface area contributed by atoms with E-state index >= 15 is 0 Å². The van der Waals surface area contributed by atoms with Crippen molar-refractivity contribution < 1.29 is 34.7 Å². The molecule has 0 fully saturated rings. The maximum absolute atomic E-state index is 10.6. The molecular formula is C5HCl3NNaO. The second-order valence-corrected chi connectivity index (χ2v) is 2.72. The Hall–Kier alpha value is 0.820. The van der Waals surface area contributed by atoms with Gasteiger partial charge < -0.3 is 5.11 Å². The molecule has 1 rings (SSSR count). The van der Waals surface area contributed by atoms with E-state index in [0.29, 0.717) is 0 Å². The van der Waals surface area contributed by atoms with Crippen LogP contribution in [0.15, 0.2) is 6.07 Å². The van der Waals surface area contributed by atoms with E-state index in [-0.39, 0.29) is 44.8 Å². The van der Waals surface area contributed by atoms with Crippen LogP contribution in [0.25, 0.3) is 0 Å². The summed E-state index contributed by atoms with van der Waals surface area (Å²) in [6.07, 6.45) is 0. The van der Waals surface area contributed by atoms with E-state index in [1.807, 2.05) is 0 Å². The van der Waals surface area contributed by atoms with Crippen molar-refractivity contribution in [3.8, 4) is 5.88 Å². The fraction of sp³-hybridized carbons (Fsp3) is 0. The van der Waals surface area contributed by atoms with Crippen LogP contribution < -0.4 is 34.7 Å². The van der Waals surface area contributed by atoms with Gasteiger partial charge >= 0.3 is 29.6 Å². The van der Waals surface area contributed by atoms with Crippen molar-refractivity contribution in [3.05, 3.63) is 21.3 Å². The van der Waals surface area contributed by atoms with Crippen molar-refractivity contribution in [3.63, 3.8) is 0 Å². The van der Waals surface area contributed by atoms with Crippen molar-refractivity contribution >= 4 is 34.8 Å². The number of aromatic nitrogens is 1. The average molecular weight is 220 g/mol. The van der Waals surface area contributed by atoms with Crippen LogP contribution in [0, 0.1) is 0 Å². The molecule has 0 aliphatic rings. The van der Waals surface area contributed by atoms with Crippen LogP contribution in [0.2, 0.25) is 15.2 Å². The Labute approximate surface area is 101 Å². The molecule has 0 amide bonds. The van der Waals surface area contributed by atoms with Crippen LogP contribution in [0.5, 0.6) is 5.88 Å². The molecule has 0 bridgehead atoms. The fourth-order valence-corrected chi connectivity index (χ4v) is 0.918. The summed E-state index contributed by atoms with van der Waals surface area (Å²) < 4.78 is 0. The Bertz CT molecular complexity index is 218. The molecule has 0 saturated carbocycles. The second-order valence-electron chi connectivity index (χ2n) is 1.55. The number of halogens is 3. The van der Waals surface area contributed by atoms with Crippen LogP contribution in [0.3, 0.4) is 0 Å². The van der Waals surface area contributed by atoms with Crippen molar-refractivity contribution in [1.29, 1.82) is 0 Å². The summed E-state index contributed by atoms with van der Waals surface area (Å²) in [5.74, 6) is -0.559. The Balaban J connectivity index is 0.000001000. The number of hydrogen-bond acceptors (Lipinski definition) is 2. The maximum atomic E-state index is 10.6. The summed E-state index contributed by atoms with van der Waals surface area (Å²) in [6.45, 7) is 0. The van der Waals surface area contributed by atoms with Gasteiger partial charge in [0.05, 0.1) is 10.0 Å². The second kappa shape index (κ2) is 4.75. The van der Waals surface area contributed by atoms with Gasteiger partial charge in [0, 0.05) is 5.88 Å². The van der Waals surface area contributed by atoms with Gasteiger partial charge in [-0.2, -0.15) is 0 Å². The zero-order valence-electron chi connectivity index (χ0n) is 5.57. The normalized spacial score (nSPS) is 9.00. The van der Waals surface area contributed by atoms with Crippen LogP contribution in [-0.4, -0.2) is 4.98 Å². The molecule has 6 heteroatoms. The molecule has 1 heterocycles. The molecule has 0 spiro atoms. The van der Waals surface area contributed by atoms with Gasteiger partial charge in [-0.15, -0.1) is 0 Å². The van der Waals surface area contributed by atoms with Crippen LogP contribution in [0.4, 0.5) is 0 Å². The van der Waals surface area contributed by atoms with Crippen molar-refractivity contribution in [1.82, 2.24) is 4.98 Å². The largest absolute Gasteiger partial charge is 1.00 e. The van der Waals surface area contributed by atoms with E-state index in [0.717, 1.165) is 0 Å². The molecule has 1 aromatic heterocycles. The molecule has 0 aliphatic heterocycles. The Kier molecular flexibility index (Phi) is 5.10. The summed E-state index contributed by atoms with van der Waals surface area (Å²) >= 11 is 16.2. The summed E-state index contributed by atoms with van der Waals surface area (Å²) in [7, 11) is 0. The summed E-state index contributed by atoms with van der Waals surface area (Å²) in [5.41, 5.74) is 0. The Morgan fingerprint density at radius 1 is 1.18 bits per heavy atom. The number of hydrogen-bond donors (Lipinski definition) is 0. The summed E-state index contributed by atoms with van der Waals surface area (Å²) in [6, 6.07) is 1.26. The SMILES string of the molecule is [Na+].[O-]c1nc(Cl)c(Cl)cc1Cl. The molecule has 2 nitrogen and oxygen atoms in total. The molecule has 0 atom stereocenters. The first-order valence-corrected chi connectivity index (χ1v) is 3.43. The molecule has 11 heavy (non-hydrogen) atoms. The summed E-state index contributed by atoms with van der Waals surface area (Å²) in [4.78, 5) is 3.32. The average Bonchev–Trinajstić information content (AvgIpc) is 1.84. The predicted octanol–water partition coefficient (Wildman–Crippen LogP) is -0.881. The third-order valence-electron chi connectivity index (χ3n) is 0.855. The molecule has 54 valence electrons. The Morgan fingerprint density at radius 2 is 1.73 bits per heavy atom. The van der Waals surface area contributed by atoms with Gasteiger partial charge in [0.1, 0.15) is 5.15 Å². The molecule has 0 aromatic carbocycles. The predicted molar refractivity (Wildman–Crippen MR) is 38.7 cm³/mol. The first-order valence-electron chi connectivity index (χ1n) is 2.30. The maximum Gasteiger partial charge on any atom is 1.00 e. The molecule has 0 N–H and O–H groups in total. The van der Waals surface area contributed by atoms with E-state index in [1.54, 1.807) is 0 Å². The first kappa shape index (κ1) is 11.8. The van der Waals surface area contributed by atoms with E-state index < -0.39 is 5.88 Å². The molecule has 0 saturated heterocycles. The fourth-order valence-electron chi connectivity index (χ4n) is 0.429. The molecular weight excluding hydrogens is 219 g/mol. The standard InChI is InChI=1S/C5H2Cl3NO.Na/c6-2-1-3(7)5(10)9-4(2)8;/h1H,(H,9,10);/q;+1/p-1. The molecule has 0 unspecified atom stereocenters. The minimum Gasteiger partial charge on any atom is -0.858 e. The van der Waals surface area contributed by atoms with Gasteiger partial charge in [-0.3, -0.25) is 0 Å². The van der Waals surface area contributed by atoms with Crippen molar-refractivity contribution in [2.45, 2.75) is 0 Å². The van der Waals surface area contributed by atoms with Gasteiger partial charge in [0.2, 0.25) is 0 Å². The Morgan fingerprint density at radius 3 is 2.18 bits per heavy atom. The molecule has 1 aromatic rings. The van der Waals surface area contributed by atoms with Gasteiger partial charge in [-0.25, -0.2) is 4.98 Å². The zero-order valence-corrected chi connectivity index (χ0v) is 9.83. The quantitative estimate of drug-likeness (QED) is 0.420. The first-order chi connectivity index (χ1) is 4.61. The van der Waals surface area contributed by atoms with Gasteiger partial charge in [-0.05, 0) is 6.07 Å². The van der Waals surface area contributed by atoms with Gasteiger partial charge in [0.25, 0.3) is 0 Å². The van der Waals surface area contributed by atoms with E-state index in [4.69, 9.17) is 34.8 Å². The van der Waals surface area contributed by atoms with Crippen LogP contribution in [-0.2, 0) is 0 Å². The molecule has 0 aliphatic carbocycles. The van der Waals surface area contributed by atoms with E-state index in [9.17, 15) is 5.11 Å². The van der Waals surface area contributed by atoms with Crippen molar-refractivity contribution in [2.24, 2.45) is 0 Å². The topological polar surface area (TPSA) is 36.0 Å². The summed E-state index contributed by atoms with van der Waals surface area (Å²) in [5, 5.41) is 10.8. The smallest absolute Gasteiger partial charge is 0.858 e. The monoisotopic (exact) mass is 219 g/mol. The molecule has 0 radical (unpaired) electrons. The van der Waals surface area contributed by atoms with Crippen LogP contribution in [0.1, 0.15) is 0 Å². The third kappa shape index (κ3) is 2.98. The van der Waals surface area contributed by atoms with E-state index in [2.05, 4.69) is 4.98 Å². The van der Waals surface area contributed by atoms with Crippen molar-refractivity contribution in [2.75, 3.05) is 0 Å². The third-order valence-corrected chi connectivity index (χ3v) is 1.80. The number of pyridine rings is 1. The van der Waals surface area contributed by atoms with E-state index in [1.165, 1.54) is 6.07 Å². The minimum absolute atomic E-state index is 0.